The van der Waals surface area contributed by atoms with E-state index in [-0.39, 0.29) is 0 Å². The molecule has 0 bridgehead atoms. The van der Waals surface area contributed by atoms with Gasteiger partial charge >= 0.3 is 0 Å². The molecule has 0 spiro atoms. The lowest BCUT2D eigenvalue weighted by molar-refractivity contribution is 0.187. The van der Waals surface area contributed by atoms with Gasteiger partial charge in [-0.25, -0.2) is 0 Å². The van der Waals surface area contributed by atoms with Crippen molar-refractivity contribution in [1.29, 1.82) is 0 Å². The van der Waals surface area contributed by atoms with Crippen LogP contribution in [0.25, 0.3) is 0 Å². The molecule has 1 aliphatic heterocycles. The third-order valence-corrected chi connectivity index (χ3v) is 4.10. The van der Waals surface area contributed by atoms with Crippen LogP contribution >= 0.6 is 0 Å². The SMILES string of the molecule is CCc1cc(OC)ccc1CN1CCCC(NC)C1. The van der Waals surface area contributed by atoms with Gasteiger partial charge in [0.15, 0.2) is 0 Å². The highest BCUT2D eigenvalue weighted by Gasteiger charge is 2.19. The average molecular weight is 262 g/mol. The zero-order valence-electron chi connectivity index (χ0n) is 12.4. The van der Waals surface area contributed by atoms with Gasteiger partial charge in [0.25, 0.3) is 0 Å². The normalized spacial score (nSPS) is 20.5. The Bertz CT molecular complexity index is 406. The molecular formula is C16H26N2O. The molecule has 0 aliphatic carbocycles. The van der Waals surface area contributed by atoms with E-state index in [1.807, 2.05) is 0 Å². The molecular weight excluding hydrogens is 236 g/mol. The highest BCUT2D eigenvalue weighted by Crippen LogP contribution is 2.21. The van der Waals surface area contributed by atoms with Crippen molar-refractivity contribution in [3.63, 3.8) is 0 Å². The molecule has 1 atom stereocenters. The first-order chi connectivity index (χ1) is 9.26. The molecule has 1 unspecified atom stereocenters. The molecule has 0 aromatic heterocycles. The van der Waals surface area contributed by atoms with E-state index in [0.29, 0.717) is 6.04 Å². The molecule has 1 heterocycles. The maximum absolute atomic E-state index is 5.31. The Kier molecular flexibility index (Phi) is 5.23. The summed E-state index contributed by atoms with van der Waals surface area (Å²) in [5, 5.41) is 3.40. The van der Waals surface area contributed by atoms with Crippen molar-refractivity contribution in [3.8, 4) is 5.75 Å². The van der Waals surface area contributed by atoms with Crippen LogP contribution < -0.4 is 10.1 Å². The number of nitrogens with one attached hydrogen (secondary N) is 1. The molecule has 1 fully saturated rings. The van der Waals surface area contributed by atoms with E-state index in [0.717, 1.165) is 25.3 Å². The lowest BCUT2D eigenvalue weighted by atomic mass is 10.0. The second kappa shape index (κ2) is 6.92. The Morgan fingerprint density at radius 3 is 2.89 bits per heavy atom. The summed E-state index contributed by atoms with van der Waals surface area (Å²) in [5.41, 5.74) is 2.85. The smallest absolute Gasteiger partial charge is 0.119 e. The van der Waals surface area contributed by atoms with Crippen LogP contribution in [-0.2, 0) is 13.0 Å². The molecule has 1 aromatic rings. The van der Waals surface area contributed by atoms with Crippen molar-refractivity contribution in [2.45, 2.75) is 38.8 Å². The number of nitrogens with zero attached hydrogens (tertiary/aromatic N) is 1. The first-order valence-electron chi connectivity index (χ1n) is 7.32. The maximum atomic E-state index is 5.31. The lowest BCUT2D eigenvalue weighted by Gasteiger charge is -2.33. The van der Waals surface area contributed by atoms with Gasteiger partial charge in [0.05, 0.1) is 7.11 Å². The summed E-state index contributed by atoms with van der Waals surface area (Å²) in [6, 6.07) is 7.13. The van der Waals surface area contributed by atoms with Crippen molar-refractivity contribution in [2.24, 2.45) is 0 Å². The highest BCUT2D eigenvalue weighted by molar-refractivity contribution is 5.35. The van der Waals surface area contributed by atoms with Gasteiger partial charge in [-0.05, 0) is 56.1 Å². The topological polar surface area (TPSA) is 24.5 Å². The Labute approximate surface area is 116 Å². The van der Waals surface area contributed by atoms with E-state index in [1.165, 1.54) is 30.5 Å². The summed E-state index contributed by atoms with van der Waals surface area (Å²) >= 11 is 0. The highest BCUT2D eigenvalue weighted by atomic mass is 16.5. The standard InChI is InChI=1S/C16H26N2O/c1-4-13-10-16(19-3)8-7-14(13)11-18-9-5-6-15(12-18)17-2/h7-8,10,15,17H,4-6,9,11-12H2,1-3H3. The van der Waals surface area contributed by atoms with Gasteiger partial charge in [0.1, 0.15) is 5.75 Å². The molecule has 1 N–H and O–H groups in total. The minimum absolute atomic E-state index is 0.650. The number of hydrogen-bond acceptors (Lipinski definition) is 3. The number of benzene rings is 1. The van der Waals surface area contributed by atoms with Gasteiger partial charge in [-0.3, -0.25) is 4.90 Å². The fraction of sp³-hybridized carbons (Fsp3) is 0.625. The van der Waals surface area contributed by atoms with E-state index >= 15 is 0 Å². The van der Waals surface area contributed by atoms with Gasteiger partial charge in [0.2, 0.25) is 0 Å². The minimum atomic E-state index is 0.650. The summed E-state index contributed by atoms with van der Waals surface area (Å²) in [7, 11) is 3.80. The van der Waals surface area contributed by atoms with Gasteiger partial charge < -0.3 is 10.1 Å². The Morgan fingerprint density at radius 2 is 2.21 bits per heavy atom. The first-order valence-corrected chi connectivity index (χ1v) is 7.32. The largest absolute Gasteiger partial charge is 0.497 e. The molecule has 0 amide bonds. The molecule has 19 heavy (non-hydrogen) atoms. The zero-order valence-corrected chi connectivity index (χ0v) is 12.4. The van der Waals surface area contributed by atoms with Crippen LogP contribution in [0.3, 0.4) is 0 Å². The number of likely N-dealkylation sites (N-methyl/N-ethyl adjacent to an activating group) is 1. The molecule has 1 aromatic carbocycles. The average Bonchev–Trinajstić information content (AvgIpc) is 2.48. The summed E-state index contributed by atoms with van der Waals surface area (Å²) in [6.07, 6.45) is 3.66. The van der Waals surface area contributed by atoms with E-state index in [4.69, 9.17) is 4.74 Å². The summed E-state index contributed by atoms with van der Waals surface area (Å²) in [6.45, 7) is 5.65. The number of methoxy groups -OCH3 is 1. The number of ether oxygens (including phenoxy) is 1. The third-order valence-electron chi connectivity index (χ3n) is 4.10. The molecule has 2 rings (SSSR count). The summed E-state index contributed by atoms with van der Waals surface area (Å²) in [4.78, 5) is 2.56. The lowest BCUT2D eigenvalue weighted by Crippen LogP contribution is -2.43. The fourth-order valence-corrected chi connectivity index (χ4v) is 2.89. The van der Waals surface area contributed by atoms with E-state index in [2.05, 4.69) is 42.4 Å². The number of hydrogen-bond donors (Lipinski definition) is 1. The molecule has 3 nitrogen and oxygen atoms in total. The van der Waals surface area contributed by atoms with Crippen LogP contribution in [0, 0.1) is 0 Å². The second-order valence-electron chi connectivity index (χ2n) is 5.35. The fourth-order valence-electron chi connectivity index (χ4n) is 2.89. The van der Waals surface area contributed by atoms with E-state index in [1.54, 1.807) is 7.11 Å². The maximum Gasteiger partial charge on any atom is 0.119 e. The number of piperidine rings is 1. The third kappa shape index (κ3) is 3.71. The van der Waals surface area contributed by atoms with Crippen LogP contribution in [-0.4, -0.2) is 38.2 Å². The second-order valence-corrected chi connectivity index (χ2v) is 5.35. The van der Waals surface area contributed by atoms with Crippen molar-refractivity contribution in [2.75, 3.05) is 27.2 Å². The van der Waals surface area contributed by atoms with Gasteiger partial charge in [-0.1, -0.05) is 13.0 Å². The van der Waals surface area contributed by atoms with Crippen LogP contribution in [0.2, 0.25) is 0 Å². The predicted molar refractivity (Wildman–Crippen MR) is 79.7 cm³/mol. The van der Waals surface area contributed by atoms with Gasteiger partial charge in [-0.2, -0.15) is 0 Å². The first kappa shape index (κ1) is 14.4. The van der Waals surface area contributed by atoms with Crippen molar-refractivity contribution < 1.29 is 4.74 Å². The molecule has 0 saturated carbocycles. The number of aryl methyl sites for hydroxylation is 1. The van der Waals surface area contributed by atoms with Crippen LogP contribution in [0.1, 0.15) is 30.9 Å². The van der Waals surface area contributed by atoms with E-state index < -0.39 is 0 Å². The molecule has 1 aliphatic rings. The molecule has 0 radical (unpaired) electrons. The van der Waals surface area contributed by atoms with E-state index in [9.17, 15) is 0 Å². The van der Waals surface area contributed by atoms with Gasteiger partial charge in [0, 0.05) is 19.1 Å². The Balaban J connectivity index is 2.05. The van der Waals surface area contributed by atoms with Crippen LogP contribution in [0.15, 0.2) is 18.2 Å². The van der Waals surface area contributed by atoms with Crippen LogP contribution in [0.5, 0.6) is 5.75 Å². The van der Waals surface area contributed by atoms with Crippen LogP contribution in [0.4, 0.5) is 0 Å². The quantitative estimate of drug-likeness (QED) is 0.882. The van der Waals surface area contributed by atoms with Gasteiger partial charge in [-0.15, -0.1) is 0 Å². The molecule has 1 saturated heterocycles. The minimum Gasteiger partial charge on any atom is -0.497 e. The number of likely N-dealkylation sites (tertiary alicyclic amines) is 1. The molecule has 3 heteroatoms. The van der Waals surface area contributed by atoms with Crippen molar-refractivity contribution >= 4 is 0 Å². The van der Waals surface area contributed by atoms with Crippen molar-refractivity contribution in [1.82, 2.24) is 10.2 Å². The summed E-state index contributed by atoms with van der Waals surface area (Å²) < 4.78 is 5.31. The summed E-state index contributed by atoms with van der Waals surface area (Å²) in [5.74, 6) is 0.965. The van der Waals surface area contributed by atoms with Crippen molar-refractivity contribution in [3.05, 3.63) is 29.3 Å². The Morgan fingerprint density at radius 1 is 1.37 bits per heavy atom. The molecule has 106 valence electrons. The zero-order chi connectivity index (χ0) is 13.7. The Hall–Kier alpha value is -1.06. The predicted octanol–water partition coefficient (Wildman–Crippen LogP) is 2.44. The monoisotopic (exact) mass is 262 g/mol. The number of rotatable bonds is 5.